The van der Waals surface area contributed by atoms with Crippen molar-refractivity contribution in [2.75, 3.05) is 34.4 Å². The summed E-state index contributed by atoms with van der Waals surface area (Å²) in [6.45, 7) is 1.77. The zero-order valence-corrected chi connectivity index (χ0v) is 16.8. The minimum atomic E-state index is 0.0193. The zero-order chi connectivity index (χ0) is 19.2. The normalized spacial score (nSPS) is 16.9. The summed E-state index contributed by atoms with van der Waals surface area (Å²) in [7, 11) is 4.73. The smallest absolute Gasteiger partial charge is 0.234 e. The van der Waals surface area contributed by atoms with Crippen molar-refractivity contribution in [3.05, 3.63) is 40.1 Å². The van der Waals surface area contributed by atoms with E-state index in [4.69, 9.17) is 14.2 Å². The fraction of sp³-hybridized carbons (Fsp3) is 0.450. The molecule has 1 saturated heterocycles. The molecule has 1 aromatic heterocycles. The van der Waals surface area contributed by atoms with Gasteiger partial charge in [-0.1, -0.05) is 0 Å². The Hall–Kier alpha value is -2.25. The first-order chi connectivity index (χ1) is 13.2. The van der Waals surface area contributed by atoms with Gasteiger partial charge >= 0.3 is 0 Å². The number of hydrogen-bond donors (Lipinski definition) is 1. The molecule has 0 saturated carbocycles. The maximum atomic E-state index is 12.5. The van der Waals surface area contributed by atoms with Crippen LogP contribution in [-0.4, -0.2) is 45.2 Å². The molecule has 3 rings (SSSR count). The maximum Gasteiger partial charge on any atom is 0.234 e. The molecule has 1 unspecified atom stereocenters. The lowest BCUT2D eigenvalue weighted by Gasteiger charge is -2.23. The molecule has 146 valence electrons. The third-order valence-electron chi connectivity index (χ3n) is 4.85. The number of hydrogen-bond acceptors (Lipinski definition) is 6. The predicted octanol–water partition coefficient (Wildman–Crippen LogP) is 3.23. The molecular weight excluding hydrogens is 364 g/mol. The predicted molar refractivity (Wildman–Crippen MR) is 106 cm³/mol. The SMILES string of the molecule is COc1cc(CNC(=O)CN2CCCC2c2ccsc2)cc(OC)c1OC. The third-order valence-corrected chi connectivity index (χ3v) is 5.55. The van der Waals surface area contributed by atoms with Crippen molar-refractivity contribution in [2.24, 2.45) is 0 Å². The van der Waals surface area contributed by atoms with E-state index in [0.29, 0.717) is 36.4 Å². The lowest BCUT2D eigenvalue weighted by atomic mass is 10.1. The number of nitrogens with zero attached hydrogens (tertiary/aromatic N) is 1. The number of ether oxygens (including phenoxy) is 3. The lowest BCUT2D eigenvalue weighted by Crippen LogP contribution is -2.36. The van der Waals surface area contributed by atoms with E-state index in [2.05, 4.69) is 27.0 Å². The van der Waals surface area contributed by atoms with Gasteiger partial charge < -0.3 is 19.5 Å². The average molecular weight is 391 g/mol. The van der Waals surface area contributed by atoms with E-state index in [1.54, 1.807) is 32.7 Å². The highest BCUT2D eigenvalue weighted by molar-refractivity contribution is 7.07. The van der Waals surface area contributed by atoms with E-state index in [0.717, 1.165) is 24.9 Å². The number of carbonyl (C=O) groups excluding carboxylic acids is 1. The van der Waals surface area contributed by atoms with E-state index in [9.17, 15) is 4.79 Å². The van der Waals surface area contributed by atoms with E-state index < -0.39 is 0 Å². The largest absolute Gasteiger partial charge is 0.493 e. The van der Waals surface area contributed by atoms with E-state index in [-0.39, 0.29) is 5.91 Å². The van der Waals surface area contributed by atoms with Gasteiger partial charge in [0, 0.05) is 12.6 Å². The number of likely N-dealkylation sites (tertiary alicyclic amines) is 1. The first-order valence-electron chi connectivity index (χ1n) is 8.98. The van der Waals surface area contributed by atoms with Crippen LogP contribution >= 0.6 is 11.3 Å². The monoisotopic (exact) mass is 390 g/mol. The van der Waals surface area contributed by atoms with Crippen molar-refractivity contribution in [1.82, 2.24) is 10.2 Å². The average Bonchev–Trinajstić information content (AvgIpc) is 3.36. The second-order valence-electron chi connectivity index (χ2n) is 6.50. The van der Waals surface area contributed by atoms with Crippen LogP contribution in [0.3, 0.4) is 0 Å². The molecule has 1 atom stereocenters. The summed E-state index contributed by atoms with van der Waals surface area (Å²) >= 11 is 1.70. The van der Waals surface area contributed by atoms with Crippen LogP contribution in [0.4, 0.5) is 0 Å². The molecule has 27 heavy (non-hydrogen) atoms. The molecule has 7 heteroatoms. The Bertz CT molecular complexity index is 738. The molecule has 1 N–H and O–H groups in total. The Morgan fingerprint density at radius 2 is 1.96 bits per heavy atom. The molecule has 2 aromatic rings. The van der Waals surface area contributed by atoms with Crippen LogP contribution in [-0.2, 0) is 11.3 Å². The van der Waals surface area contributed by atoms with Gasteiger partial charge in [0.05, 0.1) is 27.9 Å². The van der Waals surface area contributed by atoms with Crippen molar-refractivity contribution in [3.8, 4) is 17.2 Å². The highest BCUT2D eigenvalue weighted by Crippen LogP contribution is 2.38. The van der Waals surface area contributed by atoms with Gasteiger partial charge in [0.1, 0.15) is 0 Å². The van der Waals surface area contributed by atoms with Gasteiger partial charge in [-0.2, -0.15) is 11.3 Å². The Kier molecular flexibility index (Phi) is 6.58. The molecule has 2 heterocycles. The molecule has 0 spiro atoms. The van der Waals surface area contributed by atoms with Crippen molar-refractivity contribution < 1.29 is 19.0 Å². The quantitative estimate of drug-likeness (QED) is 0.750. The van der Waals surface area contributed by atoms with Gasteiger partial charge in [-0.15, -0.1) is 0 Å². The number of amides is 1. The molecule has 1 fully saturated rings. The van der Waals surface area contributed by atoms with Crippen molar-refractivity contribution in [2.45, 2.75) is 25.4 Å². The standard InChI is InChI=1S/C20H26N2O4S/c1-24-17-9-14(10-18(25-2)20(17)26-3)11-21-19(23)12-22-7-4-5-16(22)15-6-8-27-13-15/h6,8-10,13,16H,4-5,7,11-12H2,1-3H3,(H,21,23). The number of thiophene rings is 1. The van der Waals surface area contributed by atoms with Gasteiger partial charge in [-0.3, -0.25) is 9.69 Å². The summed E-state index contributed by atoms with van der Waals surface area (Å²) in [5, 5.41) is 7.27. The summed E-state index contributed by atoms with van der Waals surface area (Å²) in [6, 6.07) is 6.21. The zero-order valence-electron chi connectivity index (χ0n) is 16.0. The Labute approximate surface area is 164 Å². The van der Waals surface area contributed by atoms with Crippen LogP contribution in [0.2, 0.25) is 0 Å². The van der Waals surface area contributed by atoms with E-state index in [1.165, 1.54) is 5.56 Å². The topological polar surface area (TPSA) is 60.0 Å². The number of rotatable bonds is 8. The molecule has 1 aliphatic rings. The lowest BCUT2D eigenvalue weighted by molar-refractivity contribution is -0.122. The van der Waals surface area contributed by atoms with Gasteiger partial charge in [0.25, 0.3) is 0 Å². The minimum Gasteiger partial charge on any atom is -0.493 e. The van der Waals surface area contributed by atoms with Crippen molar-refractivity contribution >= 4 is 17.2 Å². The van der Waals surface area contributed by atoms with Crippen LogP contribution in [0.5, 0.6) is 17.2 Å². The molecule has 6 nitrogen and oxygen atoms in total. The van der Waals surface area contributed by atoms with Crippen LogP contribution in [0.25, 0.3) is 0 Å². The molecule has 1 aromatic carbocycles. The Morgan fingerprint density at radius 3 is 2.56 bits per heavy atom. The summed E-state index contributed by atoms with van der Waals surface area (Å²) in [4.78, 5) is 14.7. The number of methoxy groups -OCH3 is 3. The molecule has 0 bridgehead atoms. The van der Waals surface area contributed by atoms with E-state index >= 15 is 0 Å². The summed E-state index contributed by atoms with van der Waals surface area (Å²) in [5.74, 6) is 1.73. The fourth-order valence-electron chi connectivity index (χ4n) is 3.54. The van der Waals surface area contributed by atoms with E-state index in [1.807, 2.05) is 12.1 Å². The molecular formula is C20H26N2O4S. The maximum absolute atomic E-state index is 12.5. The van der Waals surface area contributed by atoms with Crippen molar-refractivity contribution in [1.29, 1.82) is 0 Å². The second-order valence-corrected chi connectivity index (χ2v) is 7.28. The molecule has 1 aliphatic heterocycles. The van der Waals surface area contributed by atoms with Gasteiger partial charge in [0.15, 0.2) is 11.5 Å². The van der Waals surface area contributed by atoms with Crippen LogP contribution < -0.4 is 19.5 Å². The minimum absolute atomic E-state index is 0.0193. The van der Waals surface area contributed by atoms with Crippen LogP contribution in [0.15, 0.2) is 29.0 Å². The van der Waals surface area contributed by atoms with Gasteiger partial charge in [-0.25, -0.2) is 0 Å². The number of benzene rings is 1. The van der Waals surface area contributed by atoms with Crippen molar-refractivity contribution in [3.63, 3.8) is 0 Å². The summed E-state index contributed by atoms with van der Waals surface area (Å²) in [5.41, 5.74) is 2.21. The number of nitrogens with one attached hydrogen (secondary N) is 1. The first-order valence-corrected chi connectivity index (χ1v) is 9.92. The van der Waals surface area contributed by atoms with Gasteiger partial charge in [0.2, 0.25) is 11.7 Å². The summed E-state index contributed by atoms with van der Waals surface area (Å²) < 4.78 is 16.1. The first kappa shape index (κ1) is 19.5. The third kappa shape index (κ3) is 4.54. The summed E-state index contributed by atoms with van der Waals surface area (Å²) in [6.07, 6.45) is 2.23. The molecule has 0 aliphatic carbocycles. The Balaban J connectivity index is 1.60. The highest BCUT2D eigenvalue weighted by atomic mass is 32.1. The second kappa shape index (κ2) is 9.10. The molecule has 1 amide bonds. The highest BCUT2D eigenvalue weighted by Gasteiger charge is 2.27. The van der Waals surface area contributed by atoms with Crippen LogP contribution in [0.1, 0.15) is 30.0 Å². The van der Waals surface area contributed by atoms with Gasteiger partial charge in [-0.05, 0) is 59.5 Å². The number of carbonyl (C=O) groups is 1. The Morgan fingerprint density at radius 1 is 1.22 bits per heavy atom. The fourth-order valence-corrected chi connectivity index (χ4v) is 4.24. The van der Waals surface area contributed by atoms with Crippen LogP contribution in [0, 0.1) is 0 Å². The molecule has 0 radical (unpaired) electrons.